The first-order chi connectivity index (χ1) is 7.31. The highest BCUT2D eigenvalue weighted by Gasteiger charge is 2.03. The maximum Gasteiger partial charge on any atom is 0.202 e. The first kappa shape index (κ1) is 10.2. The summed E-state index contributed by atoms with van der Waals surface area (Å²) in [6.45, 7) is 3.05. The number of anilines is 1. The van der Waals surface area contributed by atoms with Crippen LogP contribution in [-0.4, -0.2) is 9.55 Å². The molecule has 1 N–H and O–H groups in total. The molecule has 80 valence electrons. The van der Waals surface area contributed by atoms with Crippen LogP contribution in [0.5, 0.6) is 0 Å². The zero-order valence-electron chi connectivity index (χ0n) is 9.03. The lowest BCUT2D eigenvalue weighted by Crippen LogP contribution is -2.04. The number of rotatable bonds is 4. The Morgan fingerprint density at radius 3 is 3.07 bits per heavy atom. The van der Waals surface area contributed by atoms with Gasteiger partial charge in [0.2, 0.25) is 5.95 Å². The van der Waals surface area contributed by atoms with E-state index >= 15 is 0 Å². The van der Waals surface area contributed by atoms with E-state index in [0.29, 0.717) is 0 Å². The summed E-state index contributed by atoms with van der Waals surface area (Å²) in [6.07, 6.45) is 4.84. The van der Waals surface area contributed by atoms with Crippen LogP contribution in [0.2, 0.25) is 0 Å². The fourth-order valence-corrected chi connectivity index (χ4v) is 2.45. The molecular weight excluding hydrogens is 206 g/mol. The summed E-state index contributed by atoms with van der Waals surface area (Å²) < 4.78 is 1.99. The van der Waals surface area contributed by atoms with Gasteiger partial charge in [-0.2, -0.15) is 0 Å². The zero-order chi connectivity index (χ0) is 10.7. The standard InChI is InChI=1S/C11H15N3S/c1-3-9-4-7-15-10(9)8-13-11-12-5-6-14(11)2/h4-7H,3,8H2,1-2H3,(H,12,13). The molecule has 0 aromatic carbocycles. The molecule has 0 saturated carbocycles. The third kappa shape index (κ3) is 2.21. The molecule has 15 heavy (non-hydrogen) atoms. The van der Waals surface area contributed by atoms with Crippen molar-refractivity contribution in [2.24, 2.45) is 7.05 Å². The van der Waals surface area contributed by atoms with Crippen LogP contribution in [0.4, 0.5) is 5.95 Å². The minimum absolute atomic E-state index is 0.867. The maximum absolute atomic E-state index is 4.23. The highest BCUT2D eigenvalue weighted by atomic mass is 32.1. The fraction of sp³-hybridized carbons (Fsp3) is 0.364. The van der Waals surface area contributed by atoms with Crippen molar-refractivity contribution in [2.45, 2.75) is 19.9 Å². The SMILES string of the molecule is CCc1ccsc1CNc1nccn1C. The van der Waals surface area contributed by atoms with Crippen molar-refractivity contribution < 1.29 is 0 Å². The number of nitrogens with zero attached hydrogens (tertiary/aromatic N) is 2. The van der Waals surface area contributed by atoms with E-state index in [4.69, 9.17) is 0 Å². The van der Waals surface area contributed by atoms with E-state index in [9.17, 15) is 0 Å². The Kier molecular flexibility index (Phi) is 3.06. The molecule has 0 aliphatic heterocycles. The molecule has 2 heterocycles. The predicted octanol–water partition coefficient (Wildman–Crippen LogP) is 2.66. The van der Waals surface area contributed by atoms with Gasteiger partial charge in [-0.3, -0.25) is 0 Å². The highest BCUT2D eigenvalue weighted by Crippen LogP contribution is 2.18. The number of nitrogens with one attached hydrogen (secondary N) is 1. The van der Waals surface area contributed by atoms with Gasteiger partial charge in [-0.05, 0) is 23.4 Å². The molecule has 0 aliphatic carbocycles. The van der Waals surface area contributed by atoms with Gasteiger partial charge < -0.3 is 9.88 Å². The van der Waals surface area contributed by atoms with Crippen molar-refractivity contribution >= 4 is 17.3 Å². The average Bonchev–Trinajstić information content (AvgIpc) is 2.83. The molecule has 0 aliphatic rings. The first-order valence-electron chi connectivity index (χ1n) is 5.07. The molecule has 4 heteroatoms. The summed E-state index contributed by atoms with van der Waals surface area (Å²) in [4.78, 5) is 5.63. The lowest BCUT2D eigenvalue weighted by Gasteiger charge is -2.05. The Bertz CT molecular complexity index is 430. The Labute approximate surface area is 93.8 Å². The minimum Gasteiger partial charge on any atom is -0.351 e. The van der Waals surface area contributed by atoms with E-state index < -0.39 is 0 Å². The van der Waals surface area contributed by atoms with Crippen LogP contribution < -0.4 is 5.32 Å². The molecule has 0 radical (unpaired) electrons. The third-order valence-corrected chi connectivity index (χ3v) is 3.41. The van der Waals surface area contributed by atoms with Gasteiger partial charge in [-0.25, -0.2) is 4.98 Å². The molecule has 0 fully saturated rings. The molecule has 3 nitrogen and oxygen atoms in total. The van der Waals surface area contributed by atoms with E-state index in [1.807, 2.05) is 17.8 Å². The van der Waals surface area contributed by atoms with Crippen molar-refractivity contribution in [2.75, 3.05) is 5.32 Å². The first-order valence-corrected chi connectivity index (χ1v) is 5.95. The van der Waals surface area contributed by atoms with Crippen molar-refractivity contribution in [1.82, 2.24) is 9.55 Å². The van der Waals surface area contributed by atoms with E-state index in [-0.39, 0.29) is 0 Å². The smallest absolute Gasteiger partial charge is 0.202 e. The fourth-order valence-electron chi connectivity index (χ4n) is 1.53. The quantitative estimate of drug-likeness (QED) is 0.860. The Morgan fingerprint density at radius 2 is 2.40 bits per heavy atom. The van der Waals surface area contributed by atoms with Crippen LogP contribution >= 0.6 is 11.3 Å². The van der Waals surface area contributed by atoms with Crippen LogP contribution in [0.3, 0.4) is 0 Å². The Hall–Kier alpha value is -1.29. The van der Waals surface area contributed by atoms with E-state index in [1.54, 1.807) is 17.5 Å². The Morgan fingerprint density at radius 1 is 1.53 bits per heavy atom. The van der Waals surface area contributed by atoms with Crippen molar-refractivity contribution in [3.05, 3.63) is 34.3 Å². The average molecular weight is 221 g/mol. The summed E-state index contributed by atoms with van der Waals surface area (Å²) in [5.41, 5.74) is 1.43. The zero-order valence-corrected chi connectivity index (χ0v) is 9.84. The summed E-state index contributed by atoms with van der Waals surface area (Å²) in [6, 6.07) is 2.19. The summed E-state index contributed by atoms with van der Waals surface area (Å²) >= 11 is 1.80. The van der Waals surface area contributed by atoms with Crippen molar-refractivity contribution in [3.8, 4) is 0 Å². The van der Waals surface area contributed by atoms with Crippen LogP contribution in [0.1, 0.15) is 17.4 Å². The molecule has 0 atom stereocenters. The van der Waals surface area contributed by atoms with E-state index in [2.05, 4.69) is 28.7 Å². The van der Waals surface area contributed by atoms with Crippen LogP contribution in [0.15, 0.2) is 23.8 Å². The van der Waals surface area contributed by atoms with Gasteiger partial charge in [-0.15, -0.1) is 11.3 Å². The van der Waals surface area contributed by atoms with Gasteiger partial charge in [0.1, 0.15) is 0 Å². The Balaban J connectivity index is 2.02. The number of hydrogen-bond acceptors (Lipinski definition) is 3. The molecule has 0 unspecified atom stereocenters. The highest BCUT2D eigenvalue weighted by molar-refractivity contribution is 7.10. The topological polar surface area (TPSA) is 29.9 Å². The van der Waals surface area contributed by atoms with E-state index in [1.165, 1.54) is 10.4 Å². The normalized spacial score (nSPS) is 10.5. The molecular formula is C11H15N3S. The second-order valence-corrected chi connectivity index (χ2v) is 4.44. The third-order valence-electron chi connectivity index (χ3n) is 2.45. The predicted molar refractivity (Wildman–Crippen MR) is 64.2 cm³/mol. The van der Waals surface area contributed by atoms with Crippen LogP contribution in [0.25, 0.3) is 0 Å². The van der Waals surface area contributed by atoms with Gasteiger partial charge in [-0.1, -0.05) is 6.92 Å². The molecule has 2 aromatic rings. The molecule has 0 saturated heterocycles. The summed E-state index contributed by atoms with van der Waals surface area (Å²) in [5.74, 6) is 0.922. The monoisotopic (exact) mass is 221 g/mol. The number of thiophene rings is 1. The summed E-state index contributed by atoms with van der Waals surface area (Å²) in [5, 5.41) is 5.48. The largest absolute Gasteiger partial charge is 0.351 e. The van der Waals surface area contributed by atoms with Crippen LogP contribution in [-0.2, 0) is 20.0 Å². The van der Waals surface area contributed by atoms with Crippen LogP contribution in [0, 0.1) is 0 Å². The molecule has 0 bridgehead atoms. The number of aryl methyl sites for hydroxylation is 2. The number of aromatic nitrogens is 2. The van der Waals surface area contributed by atoms with Crippen molar-refractivity contribution in [3.63, 3.8) is 0 Å². The van der Waals surface area contributed by atoms with Crippen molar-refractivity contribution in [1.29, 1.82) is 0 Å². The van der Waals surface area contributed by atoms with Gasteiger partial charge >= 0.3 is 0 Å². The number of imidazole rings is 1. The second kappa shape index (κ2) is 4.49. The van der Waals surface area contributed by atoms with E-state index in [0.717, 1.165) is 18.9 Å². The molecule has 2 aromatic heterocycles. The second-order valence-electron chi connectivity index (χ2n) is 3.44. The van der Waals surface area contributed by atoms with Gasteiger partial charge in [0.25, 0.3) is 0 Å². The minimum atomic E-state index is 0.867. The maximum atomic E-state index is 4.23. The molecule has 0 amide bonds. The van der Waals surface area contributed by atoms with Gasteiger partial charge in [0, 0.05) is 24.3 Å². The summed E-state index contributed by atoms with van der Waals surface area (Å²) in [7, 11) is 1.99. The molecule has 2 rings (SSSR count). The number of hydrogen-bond donors (Lipinski definition) is 1. The van der Waals surface area contributed by atoms with Gasteiger partial charge in [0.15, 0.2) is 0 Å². The lowest BCUT2D eigenvalue weighted by atomic mass is 10.2. The lowest BCUT2D eigenvalue weighted by molar-refractivity contribution is 0.900. The molecule has 0 spiro atoms. The van der Waals surface area contributed by atoms with Gasteiger partial charge in [0.05, 0.1) is 6.54 Å².